The van der Waals surface area contributed by atoms with Gasteiger partial charge in [-0.2, -0.15) is 0 Å². The van der Waals surface area contributed by atoms with E-state index in [2.05, 4.69) is 26.2 Å². The summed E-state index contributed by atoms with van der Waals surface area (Å²) in [4.78, 5) is 26.8. The number of hydrogen-bond donors (Lipinski definition) is 2. The molecular formula is C12H15BrN2O4. The van der Waals surface area contributed by atoms with Crippen molar-refractivity contribution < 1.29 is 19.4 Å². The van der Waals surface area contributed by atoms with E-state index in [-0.39, 0.29) is 18.9 Å². The molecule has 0 saturated carbocycles. The summed E-state index contributed by atoms with van der Waals surface area (Å²) in [6.07, 6.45) is 2.76. The van der Waals surface area contributed by atoms with Gasteiger partial charge in [0.2, 0.25) is 0 Å². The van der Waals surface area contributed by atoms with E-state index >= 15 is 0 Å². The number of nitrogens with one attached hydrogen (secondary N) is 1. The Morgan fingerprint density at radius 3 is 2.79 bits per heavy atom. The molecule has 6 nitrogen and oxygen atoms in total. The van der Waals surface area contributed by atoms with Gasteiger partial charge in [-0.1, -0.05) is 0 Å². The van der Waals surface area contributed by atoms with E-state index in [0.717, 1.165) is 0 Å². The van der Waals surface area contributed by atoms with Crippen molar-refractivity contribution in [1.82, 2.24) is 10.3 Å². The lowest BCUT2D eigenvalue weighted by Gasteiger charge is -2.28. The highest BCUT2D eigenvalue weighted by Crippen LogP contribution is 2.17. The lowest BCUT2D eigenvalue weighted by atomic mass is 9.98. The molecule has 0 spiro atoms. The van der Waals surface area contributed by atoms with E-state index in [1.807, 2.05) is 0 Å². The Hall–Kier alpha value is -1.47. The summed E-state index contributed by atoms with van der Waals surface area (Å²) < 4.78 is 5.52. The van der Waals surface area contributed by atoms with E-state index in [1.54, 1.807) is 13.0 Å². The number of amides is 1. The molecule has 1 amide bonds. The van der Waals surface area contributed by atoms with Gasteiger partial charge in [-0.15, -0.1) is 0 Å². The van der Waals surface area contributed by atoms with E-state index in [1.165, 1.54) is 19.5 Å². The molecule has 104 valence electrons. The molecule has 1 atom stereocenters. The molecule has 0 aliphatic heterocycles. The smallest absolute Gasteiger partial charge is 0.305 e. The first kappa shape index (κ1) is 15.6. The van der Waals surface area contributed by atoms with Crippen molar-refractivity contribution in [3.05, 3.63) is 28.5 Å². The average Bonchev–Trinajstić information content (AvgIpc) is 2.27. The number of halogens is 1. The summed E-state index contributed by atoms with van der Waals surface area (Å²) >= 11 is 3.22. The number of carbonyl (C=O) groups excluding carboxylic acids is 1. The Morgan fingerprint density at radius 1 is 1.58 bits per heavy atom. The lowest BCUT2D eigenvalue weighted by Crippen LogP contribution is -2.50. The summed E-state index contributed by atoms with van der Waals surface area (Å²) in [5.74, 6) is -1.39. The van der Waals surface area contributed by atoms with Gasteiger partial charge in [-0.05, 0) is 28.9 Å². The van der Waals surface area contributed by atoms with E-state index in [0.29, 0.717) is 10.0 Å². The topological polar surface area (TPSA) is 88.5 Å². The van der Waals surface area contributed by atoms with Crippen LogP contribution < -0.4 is 5.32 Å². The van der Waals surface area contributed by atoms with Gasteiger partial charge in [0.15, 0.2) is 0 Å². The highest BCUT2D eigenvalue weighted by molar-refractivity contribution is 9.10. The zero-order chi connectivity index (χ0) is 14.5. The van der Waals surface area contributed by atoms with Crippen LogP contribution in [0.25, 0.3) is 0 Å². The van der Waals surface area contributed by atoms with Gasteiger partial charge in [-0.25, -0.2) is 0 Å². The minimum atomic E-state index is -1.01. The van der Waals surface area contributed by atoms with Gasteiger partial charge in [0.1, 0.15) is 0 Å². The molecule has 7 heteroatoms. The van der Waals surface area contributed by atoms with Gasteiger partial charge in [0.05, 0.1) is 24.1 Å². The Bertz CT molecular complexity index is 481. The Labute approximate surface area is 119 Å². The highest BCUT2D eigenvalue weighted by Gasteiger charge is 2.30. The summed E-state index contributed by atoms with van der Waals surface area (Å²) in [5.41, 5.74) is -0.580. The fourth-order valence-electron chi connectivity index (χ4n) is 1.68. The number of aliphatic carboxylic acids is 1. The number of nitrogens with zero attached hydrogens (tertiary/aromatic N) is 1. The second-order valence-electron chi connectivity index (χ2n) is 4.37. The van der Waals surface area contributed by atoms with Crippen LogP contribution in [-0.2, 0) is 9.53 Å². The van der Waals surface area contributed by atoms with Crippen LogP contribution in [0.15, 0.2) is 22.9 Å². The van der Waals surface area contributed by atoms with Crippen LogP contribution in [0.4, 0.5) is 0 Å². The molecule has 0 aliphatic rings. The van der Waals surface area contributed by atoms with Crippen LogP contribution in [0.3, 0.4) is 0 Å². The zero-order valence-electron chi connectivity index (χ0n) is 10.6. The molecule has 0 saturated heterocycles. The predicted molar refractivity (Wildman–Crippen MR) is 71.9 cm³/mol. The zero-order valence-corrected chi connectivity index (χ0v) is 12.2. The maximum Gasteiger partial charge on any atom is 0.305 e. The van der Waals surface area contributed by atoms with Gasteiger partial charge in [-0.3, -0.25) is 14.6 Å². The maximum absolute atomic E-state index is 12.1. The maximum atomic E-state index is 12.1. The number of carbonyl (C=O) groups is 2. The lowest BCUT2D eigenvalue weighted by molar-refractivity contribution is -0.139. The molecule has 1 rings (SSSR count). The molecule has 1 unspecified atom stereocenters. The SMILES string of the molecule is COCC(C)(CC(=O)O)NC(=O)c1ccncc1Br. The van der Waals surface area contributed by atoms with E-state index < -0.39 is 11.5 Å². The number of pyridine rings is 1. The van der Waals surface area contributed by atoms with Gasteiger partial charge in [0, 0.05) is 24.0 Å². The van der Waals surface area contributed by atoms with Crippen LogP contribution in [-0.4, -0.2) is 41.2 Å². The molecule has 1 heterocycles. The van der Waals surface area contributed by atoms with E-state index in [9.17, 15) is 9.59 Å². The first-order valence-electron chi connectivity index (χ1n) is 5.51. The Kier molecular flexibility index (Phi) is 5.44. The standard InChI is InChI=1S/C12H15BrN2O4/c1-12(7-19-2,5-10(16)17)15-11(18)8-3-4-14-6-9(8)13/h3-4,6H,5,7H2,1-2H3,(H,15,18)(H,16,17). The van der Waals surface area contributed by atoms with Crippen molar-refractivity contribution in [2.24, 2.45) is 0 Å². The molecule has 19 heavy (non-hydrogen) atoms. The van der Waals surface area contributed by atoms with Crippen LogP contribution in [0.1, 0.15) is 23.7 Å². The third kappa shape index (κ3) is 4.60. The molecule has 1 aromatic heterocycles. The van der Waals surface area contributed by atoms with Crippen LogP contribution in [0, 0.1) is 0 Å². The number of hydrogen-bond acceptors (Lipinski definition) is 4. The summed E-state index contributed by atoms with van der Waals surface area (Å²) in [6, 6.07) is 1.55. The van der Waals surface area contributed by atoms with Crippen molar-refractivity contribution in [3.63, 3.8) is 0 Å². The van der Waals surface area contributed by atoms with Crippen molar-refractivity contribution >= 4 is 27.8 Å². The molecule has 0 radical (unpaired) electrons. The van der Waals surface area contributed by atoms with Crippen LogP contribution >= 0.6 is 15.9 Å². The number of rotatable bonds is 6. The normalized spacial score (nSPS) is 13.6. The third-order valence-corrected chi connectivity index (χ3v) is 3.07. The largest absolute Gasteiger partial charge is 0.481 e. The van der Waals surface area contributed by atoms with Crippen LogP contribution in [0.2, 0.25) is 0 Å². The molecule has 2 N–H and O–H groups in total. The van der Waals surface area contributed by atoms with Crippen molar-refractivity contribution in [1.29, 1.82) is 0 Å². The average molecular weight is 331 g/mol. The summed E-state index contributed by atoms with van der Waals surface area (Å²) in [5, 5.41) is 11.6. The quantitative estimate of drug-likeness (QED) is 0.824. The Balaban J connectivity index is 2.88. The van der Waals surface area contributed by atoms with Crippen LogP contribution in [0.5, 0.6) is 0 Å². The van der Waals surface area contributed by atoms with Crippen molar-refractivity contribution in [3.8, 4) is 0 Å². The minimum Gasteiger partial charge on any atom is -0.481 e. The molecule has 0 bridgehead atoms. The molecule has 0 fully saturated rings. The highest BCUT2D eigenvalue weighted by atomic mass is 79.9. The first-order valence-corrected chi connectivity index (χ1v) is 6.30. The number of methoxy groups -OCH3 is 1. The summed E-state index contributed by atoms with van der Waals surface area (Å²) in [6.45, 7) is 1.73. The number of ether oxygens (including phenoxy) is 1. The first-order chi connectivity index (χ1) is 8.88. The second-order valence-corrected chi connectivity index (χ2v) is 5.23. The molecule has 1 aromatic rings. The fraction of sp³-hybridized carbons (Fsp3) is 0.417. The van der Waals surface area contributed by atoms with Gasteiger partial charge >= 0.3 is 5.97 Å². The second kappa shape index (κ2) is 6.63. The number of carboxylic acids is 1. The van der Waals surface area contributed by atoms with Crippen molar-refractivity contribution in [2.75, 3.05) is 13.7 Å². The predicted octanol–water partition coefficient (Wildman–Crippen LogP) is 1.45. The Morgan fingerprint density at radius 2 is 2.26 bits per heavy atom. The number of carboxylic acid groups (broad SMARTS) is 1. The molecule has 0 aliphatic carbocycles. The summed E-state index contributed by atoms with van der Waals surface area (Å²) in [7, 11) is 1.45. The van der Waals surface area contributed by atoms with E-state index in [4.69, 9.17) is 9.84 Å². The van der Waals surface area contributed by atoms with Gasteiger partial charge < -0.3 is 15.2 Å². The van der Waals surface area contributed by atoms with Gasteiger partial charge in [0.25, 0.3) is 5.91 Å². The molecule has 0 aromatic carbocycles. The number of aromatic nitrogens is 1. The fourth-order valence-corrected chi connectivity index (χ4v) is 2.11. The minimum absolute atomic E-state index is 0.105. The third-order valence-electron chi connectivity index (χ3n) is 2.44. The monoisotopic (exact) mass is 330 g/mol. The molecular weight excluding hydrogens is 316 g/mol. The van der Waals surface area contributed by atoms with Crippen molar-refractivity contribution in [2.45, 2.75) is 18.9 Å².